The van der Waals surface area contributed by atoms with Gasteiger partial charge in [0.25, 0.3) is 5.56 Å². The van der Waals surface area contributed by atoms with Crippen LogP contribution in [-0.2, 0) is 14.1 Å². The van der Waals surface area contributed by atoms with Gasteiger partial charge in [-0.3, -0.25) is 24.7 Å². The topological polar surface area (TPSA) is 132 Å². The molecule has 0 aliphatic carbocycles. The lowest BCUT2D eigenvalue weighted by atomic mass is 10.2. The first kappa shape index (κ1) is 22.2. The Morgan fingerprint density at radius 3 is 2.59 bits per heavy atom. The lowest BCUT2D eigenvalue weighted by Crippen LogP contribution is -2.41. The van der Waals surface area contributed by atoms with Gasteiger partial charge in [0.1, 0.15) is 12.3 Å². The first-order valence-electron chi connectivity index (χ1n) is 8.89. The van der Waals surface area contributed by atoms with E-state index >= 15 is 0 Å². The summed E-state index contributed by atoms with van der Waals surface area (Å²) in [6, 6.07) is 0.325. The highest BCUT2D eigenvalue weighted by molar-refractivity contribution is 7.43. The standard InChI is InChI=1S/C16H29N4O6P/c1-9(2)20(10(3)4)24-8-13-12(26-27(17)23)6-14(25-13)19-7-11(5)15(21)18-16(19)22/h7,9-10,12-14,23H,6,8,17H2,1-5H3,(H,18,21,22)/t12-,13+,14+,27?/m0/s1. The van der Waals surface area contributed by atoms with E-state index in [1.54, 1.807) is 6.92 Å². The molecule has 0 bridgehead atoms. The number of aromatic amines is 1. The molecule has 27 heavy (non-hydrogen) atoms. The van der Waals surface area contributed by atoms with Crippen molar-refractivity contribution in [1.29, 1.82) is 0 Å². The lowest BCUT2D eigenvalue weighted by Gasteiger charge is -2.31. The smallest absolute Gasteiger partial charge is 0.330 e. The van der Waals surface area contributed by atoms with E-state index in [2.05, 4.69) is 4.98 Å². The molecule has 0 radical (unpaired) electrons. The predicted molar refractivity (Wildman–Crippen MR) is 101 cm³/mol. The summed E-state index contributed by atoms with van der Waals surface area (Å²) >= 11 is 0. The van der Waals surface area contributed by atoms with E-state index in [-0.39, 0.29) is 18.7 Å². The second-order valence-electron chi connectivity index (χ2n) is 7.13. The maximum absolute atomic E-state index is 12.1. The fourth-order valence-electron chi connectivity index (χ4n) is 3.12. The summed E-state index contributed by atoms with van der Waals surface area (Å²) in [5.74, 6) is 0. The summed E-state index contributed by atoms with van der Waals surface area (Å²) in [4.78, 5) is 41.3. The van der Waals surface area contributed by atoms with Crippen molar-refractivity contribution in [1.82, 2.24) is 14.6 Å². The molecule has 0 aromatic carbocycles. The third kappa shape index (κ3) is 5.68. The molecule has 1 unspecified atom stereocenters. The molecule has 1 aliphatic rings. The number of H-pyrrole nitrogens is 1. The van der Waals surface area contributed by atoms with E-state index in [9.17, 15) is 14.5 Å². The maximum atomic E-state index is 12.1. The zero-order chi connectivity index (χ0) is 20.3. The Morgan fingerprint density at radius 2 is 2.04 bits per heavy atom. The highest BCUT2D eigenvalue weighted by atomic mass is 31.2. The Hall–Kier alpha value is -1.13. The van der Waals surface area contributed by atoms with Crippen molar-refractivity contribution < 1.29 is 19.0 Å². The van der Waals surface area contributed by atoms with Crippen LogP contribution in [0.15, 0.2) is 15.8 Å². The van der Waals surface area contributed by atoms with Gasteiger partial charge in [-0.15, -0.1) is 0 Å². The van der Waals surface area contributed by atoms with Crippen molar-refractivity contribution in [2.45, 2.75) is 71.6 Å². The number of nitrogens with one attached hydrogen (secondary N) is 1. The highest BCUT2D eigenvalue weighted by Crippen LogP contribution is 2.36. The van der Waals surface area contributed by atoms with Crippen LogP contribution in [0.3, 0.4) is 0 Å². The van der Waals surface area contributed by atoms with Gasteiger partial charge in [0.2, 0.25) is 8.53 Å². The second-order valence-corrected chi connectivity index (χ2v) is 7.95. The first-order valence-corrected chi connectivity index (χ1v) is 10.2. The number of aromatic nitrogens is 2. The van der Waals surface area contributed by atoms with E-state index in [1.807, 2.05) is 32.8 Å². The van der Waals surface area contributed by atoms with Gasteiger partial charge < -0.3 is 14.2 Å². The van der Waals surface area contributed by atoms with Crippen LogP contribution in [0, 0.1) is 6.92 Å². The van der Waals surface area contributed by atoms with Gasteiger partial charge in [-0.05, 0) is 34.6 Å². The molecule has 11 heteroatoms. The molecule has 1 aromatic heterocycles. The van der Waals surface area contributed by atoms with E-state index in [4.69, 9.17) is 19.6 Å². The molecule has 4 atom stereocenters. The molecule has 0 spiro atoms. The first-order chi connectivity index (χ1) is 12.6. The molecule has 4 N–H and O–H groups in total. The average molecular weight is 404 g/mol. The summed E-state index contributed by atoms with van der Waals surface area (Å²) in [6.45, 7) is 9.85. The summed E-state index contributed by atoms with van der Waals surface area (Å²) in [6.07, 6.45) is 0.00366. The summed E-state index contributed by atoms with van der Waals surface area (Å²) in [5.41, 5.74) is 4.81. The Labute approximate surface area is 159 Å². The number of nitrogens with zero attached hydrogens (tertiary/aromatic N) is 2. The van der Waals surface area contributed by atoms with Gasteiger partial charge in [0.05, 0.1) is 12.7 Å². The van der Waals surface area contributed by atoms with Gasteiger partial charge in [-0.25, -0.2) is 4.79 Å². The largest absolute Gasteiger partial charge is 0.349 e. The van der Waals surface area contributed by atoms with Crippen molar-refractivity contribution in [2.24, 2.45) is 5.50 Å². The molecular weight excluding hydrogens is 375 g/mol. The van der Waals surface area contributed by atoms with Crippen LogP contribution in [0.25, 0.3) is 0 Å². The summed E-state index contributed by atoms with van der Waals surface area (Å²) < 4.78 is 12.7. The van der Waals surface area contributed by atoms with Crippen LogP contribution >= 0.6 is 8.53 Å². The number of hydrogen-bond acceptors (Lipinski definition) is 8. The number of rotatable bonds is 8. The number of nitrogens with two attached hydrogens (primary N) is 1. The van der Waals surface area contributed by atoms with Crippen LogP contribution in [0.2, 0.25) is 0 Å². The van der Waals surface area contributed by atoms with Crippen LogP contribution in [0.4, 0.5) is 0 Å². The van der Waals surface area contributed by atoms with E-state index < -0.39 is 38.2 Å². The summed E-state index contributed by atoms with van der Waals surface area (Å²) in [5, 5.41) is 1.84. The van der Waals surface area contributed by atoms with Crippen LogP contribution in [0.5, 0.6) is 0 Å². The van der Waals surface area contributed by atoms with E-state index in [1.165, 1.54) is 10.8 Å². The molecule has 154 valence electrons. The molecule has 2 heterocycles. The highest BCUT2D eigenvalue weighted by Gasteiger charge is 2.39. The third-order valence-corrected chi connectivity index (χ3v) is 4.77. The number of aryl methyl sites for hydroxylation is 1. The molecular formula is C16H29N4O6P. The molecule has 2 rings (SSSR count). The Kier molecular flexibility index (Phi) is 7.70. The Bertz CT molecular complexity index is 726. The number of ether oxygens (including phenoxy) is 1. The Morgan fingerprint density at radius 1 is 1.41 bits per heavy atom. The van der Waals surface area contributed by atoms with Crippen molar-refractivity contribution >= 4 is 8.53 Å². The molecule has 0 amide bonds. The molecule has 10 nitrogen and oxygen atoms in total. The predicted octanol–water partition coefficient (Wildman–Crippen LogP) is 0.746. The van der Waals surface area contributed by atoms with Crippen molar-refractivity contribution in [3.63, 3.8) is 0 Å². The van der Waals surface area contributed by atoms with Gasteiger partial charge in [-0.1, -0.05) is 0 Å². The Balaban J connectivity index is 2.17. The molecule has 1 aromatic rings. The third-order valence-electron chi connectivity index (χ3n) is 4.29. The van der Waals surface area contributed by atoms with Crippen molar-refractivity contribution in [3.05, 3.63) is 32.6 Å². The van der Waals surface area contributed by atoms with Gasteiger partial charge in [-0.2, -0.15) is 5.06 Å². The summed E-state index contributed by atoms with van der Waals surface area (Å²) in [7, 11) is -2.09. The monoisotopic (exact) mass is 404 g/mol. The SMILES string of the molecule is Cc1cn([C@H]2C[C@H](OP(N)O)[C@@H](CON(C(C)C)C(C)C)O2)c(=O)[nH]c1=O. The minimum absolute atomic E-state index is 0.163. The van der Waals surface area contributed by atoms with Gasteiger partial charge in [0.15, 0.2) is 0 Å². The molecule has 1 aliphatic heterocycles. The fraction of sp³-hybridized carbons (Fsp3) is 0.750. The number of hydroxylamine groups is 2. The van der Waals surface area contributed by atoms with Gasteiger partial charge in [0, 0.05) is 30.3 Å². The van der Waals surface area contributed by atoms with Crippen LogP contribution < -0.4 is 16.8 Å². The van der Waals surface area contributed by atoms with Crippen LogP contribution in [0.1, 0.15) is 45.9 Å². The zero-order valence-corrected chi connectivity index (χ0v) is 17.2. The minimum atomic E-state index is -2.09. The van der Waals surface area contributed by atoms with E-state index in [0.717, 1.165) is 0 Å². The van der Waals surface area contributed by atoms with Crippen molar-refractivity contribution in [2.75, 3.05) is 6.61 Å². The zero-order valence-electron chi connectivity index (χ0n) is 16.3. The fourth-order valence-corrected chi connectivity index (χ4v) is 3.62. The lowest BCUT2D eigenvalue weighted by molar-refractivity contribution is -0.223. The van der Waals surface area contributed by atoms with Crippen molar-refractivity contribution in [3.8, 4) is 0 Å². The molecule has 1 fully saturated rings. The quantitative estimate of drug-likeness (QED) is 0.427. The average Bonchev–Trinajstić information content (AvgIpc) is 2.92. The maximum Gasteiger partial charge on any atom is 0.330 e. The normalized spacial score (nSPS) is 24.3. The van der Waals surface area contributed by atoms with Crippen LogP contribution in [-0.4, -0.2) is 50.4 Å². The second kappa shape index (κ2) is 9.38. The van der Waals surface area contributed by atoms with E-state index in [0.29, 0.717) is 12.0 Å². The van der Waals surface area contributed by atoms with Gasteiger partial charge >= 0.3 is 5.69 Å². The minimum Gasteiger partial charge on any atom is -0.349 e. The molecule has 0 saturated carbocycles. The molecule has 1 saturated heterocycles. The number of hydrogen-bond donors (Lipinski definition) is 3.